The van der Waals surface area contributed by atoms with Crippen LogP contribution in [0.3, 0.4) is 0 Å². The van der Waals surface area contributed by atoms with Crippen LogP contribution in [0.15, 0.2) is 22.7 Å². The molecule has 0 spiro atoms. The largest absolute Gasteiger partial charge is 0.416 e. The summed E-state index contributed by atoms with van der Waals surface area (Å²) in [6, 6.07) is 1.39. The van der Waals surface area contributed by atoms with E-state index >= 15 is 0 Å². The molecule has 3 amide bonds. The maximum Gasteiger partial charge on any atom is 0.416 e. The molecule has 1 aromatic rings. The molecule has 0 fully saturated rings. The van der Waals surface area contributed by atoms with E-state index in [2.05, 4.69) is 15.9 Å². The number of carbonyl (C=O) groups excluding carboxylic acids is 2. The molecule has 0 unspecified atom stereocenters. The van der Waals surface area contributed by atoms with Crippen molar-refractivity contribution in [1.29, 1.82) is 0 Å². The summed E-state index contributed by atoms with van der Waals surface area (Å²) in [6.07, 6.45) is -9.28. The first-order chi connectivity index (χ1) is 12.1. The highest BCUT2D eigenvalue weighted by Gasteiger charge is 2.34. The summed E-state index contributed by atoms with van der Waals surface area (Å²) in [6.45, 7) is 0.658. The third-order valence-electron chi connectivity index (χ3n) is 2.90. The fraction of sp³-hybridized carbons (Fsp3) is 0.429. The Morgan fingerprint density at radius 1 is 1.07 bits per heavy atom. The van der Waals surface area contributed by atoms with Crippen molar-refractivity contribution in [3.63, 3.8) is 0 Å². The zero-order valence-electron chi connectivity index (χ0n) is 13.8. The molecule has 0 bridgehead atoms. The summed E-state index contributed by atoms with van der Waals surface area (Å²) in [5.74, 6) is -1.50. The minimum absolute atomic E-state index is 0.0291. The molecule has 1 aromatic carbocycles. The predicted molar refractivity (Wildman–Crippen MR) is 84.6 cm³/mol. The molecule has 3 N–H and O–H groups in total. The van der Waals surface area contributed by atoms with Crippen LogP contribution in [0.1, 0.15) is 19.4 Å². The molecular formula is C14H14BrF6N3O3. The molecule has 27 heavy (non-hydrogen) atoms. The summed E-state index contributed by atoms with van der Waals surface area (Å²) in [7, 11) is 0. The highest BCUT2D eigenvalue weighted by atomic mass is 79.9. The summed E-state index contributed by atoms with van der Waals surface area (Å²) in [5.41, 5.74) is -1.05. The number of benzene rings is 1. The lowest BCUT2D eigenvalue weighted by Crippen LogP contribution is -2.58. The van der Waals surface area contributed by atoms with Crippen molar-refractivity contribution < 1.29 is 40.8 Å². The molecule has 0 radical (unpaired) electrons. The number of hydroxylamine groups is 1. The smallest absolute Gasteiger partial charge is 0.378 e. The van der Waals surface area contributed by atoms with E-state index in [1.807, 2.05) is 5.32 Å². The van der Waals surface area contributed by atoms with Crippen LogP contribution in [0.4, 0.5) is 31.1 Å². The lowest BCUT2D eigenvalue weighted by Gasteiger charge is -2.25. The van der Waals surface area contributed by atoms with Gasteiger partial charge < -0.3 is 15.5 Å². The van der Waals surface area contributed by atoms with Crippen molar-refractivity contribution in [2.24, 2.45) is 0 Å². The molecule has 0 saturated carbocycles. The van der Waals surface area contributed by atoms with Gasteiger partial charge in [-0.2, -0.15) is 31.8 Å². The Labute approximate surface area is 157 Å². The van der Waals surface area contributed by atoms with Crippen LogP contribution >= 0.6 is 15.9 Å². The fourth-order valence-electron chi connectivity index (χ4n) is 1.66. The number of hydrogen-bond donors (Lipinski definition) is 3. The van der Waals surface area contributed by atoms with E-state index in [-0.39, 0.29) is 10.2 Å². The van der Waals surface area contributed by atoms with Gasteiger partial charge in [0.2, 0.25) is 5.91 Å². The van der Waals surface area contributed by atoms with Gasteiger partial charge in [-0.15, -0.1) is 0 Å². The lowest BCUT2D eigenvalue weighted by atomic mass is 10.1. The molecule has 6 nitrogen and oxygen atoms in total. The number of hydrogen-bond acceptors (Lipinski definition) is 3. The molecule has 0 aliphatic rings. The second kappa shape index (κ2) is 8.23. The highest BCUT2D eigenvalue weighted by molar-refractivity contribution is 9.10. The van der Waals surface area contributed by atoms with Gasteiger partial charge in [0.15, 0.2) is 5.75 Å². The minimum Gasteiger partial charge on any atom is -0.378 e. The molecule has 1 rings (SSSR count). The molecule has 0 aromatic heterocycles. The summed E-state index contributed by atoms with van der Waals surface area (Å²) < 4.78 is 74.5. The number of nitrogens with one attached hydrogen (secondary N) is 3. The number of alkyl halides is 6. The molecule has 0 heterocycles. The van der Waals surface area contributed by atoms with Crippen molar-refractivity contribution in [1.82, 2.24) is 16.1 Å². The number of halogens is 7. The Balaban J connectivity index is 2.67. The van der Waals surface area contributed by atoms with Crippen molar-refractivity contribution in [2.45, 2.75) is 31.7 Å². The van der Waals surface area contributed by atoms with Crippen molar-refractivity contribution in [2.75, 3.05) is 6.54 Å². The van der Waals surface area contributed by atoms with Crippen molar-refractivity contribution in [3.05, 3.63) is 28.2 Å². The first kappa shape index (κ1) is 22.9. The standard InChI is InChI=1S/C14H14BrF6N3O3/c1-12(2,10(25)22-6-13(16,17)18)23-11(26)24-27-9-4-7(14(19,20)21)3-8(15)5-9/h3-5H,6H2,1-2H3,(H,22,25)(H2,23,24,26). The van der Waals surface area contributed by atoms with Gasteiger partial charge in [-0.3, -0.25) is 4.79 Å². The highest BCUT2D eigenvalue weighted by Crippen LogP contribution is 2.33. The molecular weight excluding hydrogens is 452 g/mol. The van der Waals surface area contributed by atoms with Crippen LogP contribution in [-0.4, -0.2) is 30.2 Å². The second-order valence-corrected chi connectivity index (χ2v) is 6.67. The third-order valence-corrected chi connectivity index (χ3v) is 3.36. The van der Waals surface area contributed by atoms with Gasteiger partial charge in [0, 0.05) is 4.47 Å². The number of rotatable bonds is 5. The second-order valence-electron chi connectivity index (χ2n) is 5.75. The maximum atomic E-state index is 12.7. The Hall–Kier alpha value is -2.18. The minimum atomic E-state index is -4.65. The Morgan fingerprint density at radius 2 is 1.67 bits per heavy atom. The summed E-state index contributed by atoms with van der Waals surface area (Å²) in [5, 5.41) is 3.63. The normalized spacial score (nSPS) is 12.3. The van der Waals surface area contributed by atoms with Crippen LogP contribution in [0, 0.1) is 0 Å². The first-order valence-electron chi connectivity index (χ1n) is 7.08. The number of carbonyl (C=O) groups is 2. The summed E-state index contributed by atoms with van der Waals surface area (Å²) in [4.78, 5) is 28.1. The van der Waals surface area contributed by atoms with Gasteiger partial charge in [-0.25, -0.2) is 4.79 Å². The van der Waals surface area contributed by atoms with Crippen LogP contribution in [-0.2, 0) is 11.0 Å². The molecule has 0 aliphatic heterocycles. The van der Waals surface area contributed by atoms with E-state index in [1.165, 1.54) is 0 Å². The van der Waals surface area contributed by atoms with Crippen molar-refractivity contribution >= 4 is 27.9 Å². The zero-order chi connectivity index (χ0) is 21.0. The first-order valence-corrected chi connectivity index (χ1v) is 7.87. The van der Waals surface area contributed by atoms with E-state index < -0.39 is 41.9 Å². The monoisotopic (exact) mass is 465 g/mol. The lowest BCUT2D eigenvalue weighted by molar-refractivity contribution is -0.141. The van der Waals surface area contributed by atoms with Gasteiger partial charge in [-0.05, 0) is 32.0 Å². The van der Waals surface area contributed by atoms with E-state index in [9.17, 15) is 35.9 Å². The SMILES string of the molecule is CC(C)(NC(=O)NOc1cc(Br)cc(C(F)(F)F)c1)C(=O)NCC(F)(F)F. The van der Waals surface area contributed by atoms with Crippen LogP contribution in [0.2, 0.25) is 0 Å². The Kier molecular flexibility index (Phi) is 6.97. The number of urea groups is 1. The quantitative estimate of drug-likeness (QED) is 0.459. The topological polar surface area (TPSA) is 79.5 Å². The summed E-state index contributed by atoms with van der Waals surface area (Å²) >= 11 is 2.86. The van der Waals surface area contributed by atoms with Gasteiger partial charge in [0.25, 0.3) is 0 Å². The molecule has 0 saturated heterocycles. The van der Waals surface area contributed by atoms with E-state index in [4.69, 9.17) is 4.84 Å². The van der Waals surface area contributed by atoms with E-state index in [0.717, 1.165) is 26.0 Å². The van der Waals surface area contributed by atoms with Gasteiger partial charge >= 0.3 is 18.4 Å². The van der Waals surface area contributed by atoms with Crippen molar-refractivity contribution in [3.8, 4) is 5.75 Å². The Bertz CT molecular complexity index is 706. The average molecular weight is 466 g/mol. The van der Waals surface area contributed by atoms with Gasteiger partial charge in [0.05, 0.1) is 5.56 Å². The van der Waals surface area contributed by atoms with Crippen LogP contribution < -0.4 is 21.0 Å². The van der Waals surface area contributed by atoms with Crippen LogP contribution in [0.25, 0.3) is 0 Å². The molecule has 0 aliphatic carbocycles. The maximum absolute atomic E-state index is 12.7. The number of amides is 3. The molecule has 152 valence electrons. The zero-order valence-corrected chi connectivity index (χ0v) is 15.4. The van der Waals surface area contributed by atoms with E-state index in [0.29, 0.717) is 6.07 Å². The predicted octanol–water partition coefficient (Wildman–Crippen LogP) is 3.52. The van der Waals surface area contributed by atoms with Crippen LogP contribution in [0.5, 0.6) is 5.75 Å². The van der Waals surface area contributed by atoms with Gasteiger partial charge in [-0.1, -0.05) is 15.9 Å². The Morgan fingerprint density at radius 3 is 2.19 bits per heavy atom. The fourth-order valence-corrected chi connectivity index (χ4v) is 2.13. The average Bonchev–Trinajstić information content (AvgIpc) is 2.48. The molecule has 13 heteroatoms. The van der Waals surface area contributed by atoms with Gasteiger partial charge in [0.1, 0.15) is 12.1 Å². The molecule has 0 atom stereocenters. The van der Waals surface area contributed by atoms with E-state index in [1.54, 1.807) is 10.8 Å². The third kappa shape index (κ3) is 7.93.